The van der Waals surface area contributed by atoms with Crippen LogP contribution in [0.5, 0.6) is 11.5 Å². The number of fused-ring (bicyclic) bond motifs is 1. The van der Waals surface area contributed by atoms with Crippen LogP contribution in [0.1, 0.15) is 35.7 Å². The zero-order valence-corrected chi connectivity index (χ0v) is 17.1. The molecule has 0 saturated carbocycles. The molecule has 0 amide bonds. The number of hydrogen-bond acceptors (Lipinski definition) is 4. The number of carbonyl (C=O) groups excluding carboxylic acids is 2. The van der Waals surface area contributed by atoms with Crippen molar-refractivity contribution in [3.05, 3.63) is 83.9 Å². The lowest BCUT2D eigenvalue weighted by Gasteiger charge is -2.19. The van der Waals surface area contributed by atoms with Crippen LogP contribution in [0.15, 0.2) is 72.8 Å². The molecule has 3 aromatic rings. The summed E-state index contributed by atoms with van der Waals surface area (Å²) in [6.07, 6.45) is 5.73. The predicted octanol–water partition coefficient (Wildman–Crippen LogP) is 5.88. The molecular weight excluding hydrogens is 376 g/mol. The van der Waals surface area contributed by atoms with E-state index in [4.69, 9.17) is 9.47 Å². The second kappa shape index (κ2) is 8.54. The fourth-order valence-corrected chi connectivity index (χ4v) is 3.74. The third kappa shape index (κ3) is 4.13. The molecule has 4 nitrogen and oxygen atoms in total. The van der Waals surface area contributed by atoms with Crippen LogP contribution in [0, 0.1) is 18.8 Å². The number of benzene rings is 3. The fraction of sp³-hybridized carbons (Fsp3) is 0.231. The summed E-state index contributed by atoms with van der Waals surface area (Å²) in [7, 11) is 0. The van der Waals surface area contributed by atoms with Gasteiger partial charge in [0.15, 0.2) is 0 Å². The Labute approximate surface area is 176 Å². The van der Waals surface area contributed by atoms with Crippen molar-refractivity contribution < 1.29 is 19.1 Å². The maximum Gasteiger partial charge on any atom is 0.343 e. The highest BCUT2D eigenvalue weighted by atomic mass is 16.5. The van der Waals surface area contributed by atoms with Crippen LogP contribution < -0.4 is 9.47 Å². The molecule has 0 heterocycles. The van der Waals surface area contributed by atoms with Gasteiger partial charge in [-0.25, -0.2) is 4.79 Å². The number of aryl methyl sites for hydroxylation is 1. The minimum atomic E-state index is -0.439. The van der Waals surface area contributed by atoms with E-state index in [1.165, 1.54) is 0 Å². The molecule has 0 saturated heterocycles. The van der Waals surface area contributed by atoms with Gasteiger partial charge in [0.1, 0.15) is 11.5 Å². The van der Waals surface area contributed by atoms with Gasteiger partial charge >= 0.3 is 11.9 Å². The molecule has 0 bridgehead atoms. The van der Waals surface area contributed by atoms with Crippen molar-refractivity contribution >= 4 is 22.7 Å². The first kappa shape index (κ1) is 19.9. The Bertz CT molecular complexity index is 1120. The van der Waals surface area contributed by atoms with Crippen molar-refractivity contribution in [1.82, 2.24) is 0 Å². The number of esters is 2. The van der Waals surface area contributed by atoms with Gasteiger partial charge in [0, 0.05) is 0 Å². The van der Waals surface area contributed by atoms with Crippen LogP contribution in [0.3, 0.4) is 0 Å². The van der Waals surface area contributed by atoms with Crippen molar-refractivity contribution in [3.8, 4) is 11.5 Å². The van der Waals surface area contributed by atoms with Crippen molar-refractivity contribution in [2.24, 2.45) is 11.8 Å². The van der Waals surface area contributed by atoms with E-state index >= 15 is 0 Å². The molecule has 3 aromatic carbocycles. The summed E-state index contributed by atoms with van der Waals surface area (Å²) < 4.78 is 11.5. The molecule has 2 unspecified atom stereocenters. The van der Waals surface area contributed by atoms with Crippen molar-refractivity contribution in [1.29, 1.82) is 0 Å². The molecule has 30 heavy (non-hydrogen) atoms. The van der Waals surface area contributed by atoms with Crippen molar-refractivity contribution in [3.63, 3.8) is 0 Å². The smallest absolute Gasteiger partial charge is 0.343 e. The van der Waals surface area contributed by atoms with E-state index in [2.05, 4.69) is 13.0 Å². The number of allylic oxidation sites excluding steroid dienone is 1. The molecule has 0 N–H and O–H groups in total. The van der Waals surface area contributed by atoms with E-state index in [1.54, 1.807) is 24.3 Å². The summed E-state index contributed by atoms with van der Waals surface area (Å²) in [4.78, 5) is 25.5. The number of hydrogen-bond donors (Lipinski definition) is 0. The molecule has 2 atom stereocenters. The van der Waals surface area contributed by atoms with E-state index in [1.807, 2.05) is 49.4 Å². The Morgan fingerprint density at radius 2 is 1.53 bits per heavy atom. The van der Waals surface area contributed by atoms with Gasteiger partial charge in [-0.1, -0.05) is 61.5 Å². The van der Waals surface area contributed by atoms with E-state index in [9.17, 15) is 9.59 Å². The summed E-state index contributed by atoms with van der Waals surface area (Å²) in [5, 5.41) is 1.45. The quantitative estimate of drug-likeness (QED) is 0.312. The summed E-state index contributed by atoms with van der Waals surface area (Å²) in [5.74, 6) is 0.281. The molecule has 0 spiro atoms. The molecule has 4 rings (SSSR count). The average Bonchev–Trinajstić information content (AvgIpc) is 2.74. The predicted molar refractivity (Wildman–Crippen MR) is 117 cm³/mol. The van der Waals surface area contributed by atoms with Gasteiger partial charge in [0.2, 0.25) is 0 Å². The Hall–Kier alpha value is -3.40. The lowest BCUT2D eigenvalue weighted by Crippen LogP contribution is -2.22. The molecule has 152 valence electrons. The second-order valence-electron chi connectivity index (χ2n) is 7.78. The Morgan fingerprint density at radius 3 is 2.20 bits per heavy atom. The lowest BCUT2D eigenvalue weighted by molar-refractivity contribution is -0.137. The molecule has 0 aliphatic heterocycles. The number of rotatable bonds is 4. The zero-order valence-electron chi connectivity index (χ0n) is 17.1. The van der Waals surface area contributed by atoms with E-state index in [0.29, 0.717) is 28.4 Å². The van der Waals surface area contributed by atoms with Gasteiger partial charge in [-0.3, -0.25) is 4.79 Å². The van der Waals surface area contributed by atoms with Gasteiger partial charge in [-0.2, -0.15) is 0 Å². The first-order chi connectivity index (χ1) is 14.5. The van der Waals surface area contributed by atoms with E-state index in [0.717, 1.165) is 23.8 Å². The number of carbonyl (C=O) groups is 2. The van der Waals surface area contributed by atoms with Gasteiger partial charge < -0.3 is 9.47 Å². The van der Waals surface area contributed by atoms with Crippen LogP contribution >= 0.6 is 0 Å². The molecule has 1 aliphatic carbocycles. The van der Waals surface area contributed by atoms with Crippen LogP contribution in [0.25, 0.3) is 10.8 Å². The van der Waals surface area contributed by atoms with Crippen LogP contribution in [0.2, 0.25) is 0 Å². The van der Waals surface area contributed by atoms with Crippen molar-refractivity contribution in [2.75, 3.05) is 0 Å². The first-order valence-electron chi connectivity index (χ1n) is 10.2. The monoisotopic (exact) mass is 400 g/mol. The molecule has 0 fully saturated rings. The topological polar surface area (TPSA) is 52.6 Å². The van der Waals surface area contributed by atoms with E-state index in [-0.39, 0.29) is 11.9 Å². The minimum Gasteiger partial charge on any atom is -0.425 e. The van der Waals surface area contributed by atoms with Crippen LogP contribution in [0.4, 0.5) is 0 Å². The molecule has 0 aromatic heterocycles. The van der Waals surface area contributed by atoms with Crippen LogP contribution in [-0.4, -0.2) is 11.9 Å². The first-order valence-corrected chi connectivity index (χ1v) is 10.2. The third-order valence-corrected chi connectivity index (χ3v) is 5.51. The summed E-state index contributed by atoms with van der Waals surface area (Å²) in [5.41, 5.74) is 1.35. The highest BCUT2D eigenvalue weighted by Crippen LogP contribution is 2.35. The molecular formula is C26H24O4. The lowest BCUT2D eigenvalue weighted by atomic mass is 9.90. The molecule has 0 radical (unpaired) electrons. The Kier molecular flexibility index (Phi) is 5.66. The maximum atomic E-state index is 12.8. The van der Waals surface area contributed by atoms with Gasteiger partial charge in [-0.05, 0) is 54.8 Å². The fourth-order valence-electron chi connectivity index (χ4n) is 3.74. The third-order valence-electron chi connectivity index (χ3n) is 5.51. The summed E-state index contributed by atoms with van der Waals surface area (Å²) in [6, 6.07) is 18.2. The van der Waals surface area contributed by atoms with E-state index < -0.39 is 5.97 Å². The highest BCUT2D eigenvalue weighted by Gasteiger charge is 2.23. The number of ether oxygens (including phenoxy) is 2. The Morgan fingerprint density at radius 1 is 0.833 bits per heavy atom. The summed E-state index contributed by atoms with van der Waals surface area (Å²) >= 11 is 0. The second-order valence-corrected chi connectivity index (χ2v) is 7.78. The van der Waals surface area contributed by atoms with Gasteiger partial charge in [0.25, 0.3) is 0 Å². The zero-order chi connectivity index (χ0) is 21.1. The Balaban J connectivity index is 1.65. The SMILES string of the molecule is Cc1ccccc1C(=O)Oc1cccc2cccc(OC(=O)C3C=CC(C)CC3)c12. The van der Waals surface area contributed by atoms with Gasteiger partial charge in [0.05, 0.1) is 16.9 Å². The minimum absolute atomic E-state index is 0.252. The van der Waals surface area contributed by atoms with Crippen LogP contribution in [-0.2, 0) is 4.79 Å². The molecule has 1 aliphatic rings. The molecule has 4 heteroatoms. The van der Waals surface area contributed by atoms with Crippen molar-refractivity contribution in [2.45, 2.75) is 26.7 Å². The summed E-state index contributed by atoms with van der Waals surface area (Å²) in [6.45, 7) is 4.00. The van der Waals surface area contributed by atoms with Gasteiger partial charge in [-0.15, -0.1) is 0 Å². The standard InChI is InChI=1S/C26H24O4/c1-17-13-15-20(16-14-17)25(27)29-22-11-5-8-19-9-6-12-23(24(19)22)30-26(28)21-10-4-3-7-18(21)2/h3-13,15,17,20H,14,16H2,1-2H3. The maximum absolute atomic E-state index is 12.8. The normalized spacial score (nSPS) is 18.2. The average molecular weight is 400 g/mol. The highest BCUT2D eigenvalue weighted by molar-refractivity contribution is 5.99. The largest absolute Gasteiger partial charge is 0.425 e.